The summed E-state index contributed by atoms with van der Waals surface area (Å²) in [4.78, 5) is 28.2. The molecule has 8 nitrogen and oxygen atoms in total. The van der Waals surface area contributed by atoms with Crippen LogP contribution >= 0.6 is 0 Å². The summed E-state index contributed by atoms with van der Waals surface area (Å²) >= 11 is 0. The van der Waals surface area contributed by atoms with Gasteiger partial charge >= 0.3 is 12.0 Å². The lowest BCUT2D eigenvalue weighted by molar-refractivity contribution is -0.141. The summed E-state index contributed by atoms with van der Waals surface area (Å²) in [5.74, 6) is -0.0891. The summed E-state index contributed by atoms with van der Waals surface area (Å²) in [6.07, 6.45) is -0.770. The van der Waals surface area contributed by atoms with Gasteiger partial charge in [-0.1, -0.05) is 0 Å². The Bertz CT molecular complexity index is 508. The van der Waals surface area contributed by atoms with Crippen LogP contribution in [0, 0.1) is 13.8 Å². The monoisotopic (exact) mass is 283 g/mol. The average molecular weight is 283 g/mol. The van der Waals surface area contributed by atoms with Crippen molar-refractivity contribution in [2.45, 2.75) is 39.0 Å². The Hall–Kier alpha value is -2.09. The minimum Gasteiger partial charge on any atom is -0.480 e. The number of carbonyl (C=O) groups excluding carboxylic acids is 1. The number of carboxylic acids is 1. The van der Waals surface area contributed by atoms with Gasteiger partial charge in [-0.05, 0) is 13.8 Å². The molecule has 2 unspecified atom stereocenters. The van der Waals surface area contributed by atoms with E-state index < -0.39 is 24.1 Å². The number of rotatable bonds is 3. The Kier molecular flexibility index (Phi) is 3.93. The summed E-state index contributed by atoms with van der Waals surface area (Å²) in [5, 5.41) is 21.0. The van der Waals surface area contributed by atoms with Crippen molar-refractivity contribution in [3.8, 4) is 0 Å². The van der Waals surface area contributed by atoms with E-state index in [4.69, 9.17) is 9.52 Å². The predicted molar refractivity (Wildman–Crippen MR) is 67.0 cm³/mol. The molecule has 1 aromatic rings. The van der Waals surface area contributed by atoms with Crippen molar-refractivity contribution in [2.75, 3.05) is 6.54 Å². The zero-order chi connectivity index (χ0) is 14.9. The minimum absolute atomic E-state index is 0.00639. The van der Waals surface area contributed by atoms with Gasteiger partial charge in [-0.3, -0.25) is 0 Å². The molecular formula is C12H17N3O5. The van der Waals surface area contributed by atoms with Crippen molar-refractivity contribution in [1.29, 1.82) is 0 Å². The first-order valence-corrected chi connectivity index (χ1v) is 6.26. The van der Waals surface area contributed by atoms with Crippen LogP contribution in [-0.2, 0) is 11.3 Å². The number of hydrogen-bond donors (Lipinski definition) is 3. The van der Waals surface area contributed by atoms with E-state index in [0.29, 0.717) is 11.7 Å². The van der Waals surface area contributed by atoms with E-state index in [-0.39, 0.29) is 19.5 Å². The highest BCUT2D eigenvalue weighted by atomic mass is 16.4. The topological polar surface area (TPSA) is 116 Å². The van der Waals surface area contributed by atoms with Gasteiger partial charge in [0.25, 0.3) is 0 Å². The Balaban J connectivity index is 1.95. The van der Waals surface area contributed by atoms with Gasteiger partial charge in [0.1, 0.15) is 11.8 Å². The molecule has 2 heterocycles. The second-order valence-electron chi connectivity index (χ2n) is 4.80. The normalized spacial score (nSPS) is 22.1. The van der Waals surface area contributed by atoms with E-state index in [2.05, 4.69) is 10.3 Å². The molecule has 1 fully saturated rings. The number of hydrogen-bond acceptors (Lipinski definition) is 5. The molecule has 3 N–H and O–H groups in total. The first-order chi connectivity index (χ1) is 9.38. The zero-order valence-corrected chi connectivity index (χ0v) is 11.3. The molecule has 0 aliphatic carbocycles. The van der Waals surface area contributed by atoms with E-state index in [1.165, 1.54) is 0 Å². The van der Waals surface area contributed by atoms with Crippen LogP contribution in [0.2, 0.25) is 0 Å². The molecular weight excluding hydrogens is 266 g/mol. The number of nitrogens with one attached hydrogen (secondary N) is 1. The van der Waals surface area contributed by atoms with Crippen LogP contribution in [-0.4, -0.2) is 50.8 Å². The van der Waals surface area contributed by atoms with Crippen molar-refractivity contribution in [2.24, 2.45) is 0 Å². The highest BCUT2D eigenvalue weighted by molar-refractivity contribution is 5.83. The number of carboxylic acid groups (broad SMARTS) is 1. The van der Waals surface area contributed by atoms with E-state index in [1.807, 2.05) is 0 Å². The quantitative estimate of drug-likeness (QED) is 0.720. The average Bonchev–Trinajstić information content (AvgIpc) is 2.91. The lowest BCUT2D eigenvalue weighted by Crippen LogP contribution is -2.46. The highest BCUT2D eigenvalue weighted by Gasteiger charge is 2.38. The summed E-state index contributed by atoms with van der Waals surface area (Å²) in [5.41, 5.74) is 0.745. The van der Waals surface area contributed by atoms with Crippen LogP contribution in [0.25, 0.3) is 0 Å². The number of β-amino-alcohol motifs (C(OH)–C–C–N with tert-alkyl or cyclic N) is 1. The van der Waals surface area contributed by atoms with Gasteiger partial charge in [-0.15, -0.1) is 0 Å². The number of amides is 2. The van der Waals surface area contributed by atoms with Gasteiger partial charge in [0, 0.05) is 13.0 Å². The van der Waals surface area contributed by atoms with Crippen molar-refractivity contribution >= 4 is 12.0 Å². The molecule has 0 spiro atoms. The third-order valence-electron chi connectivity index (χ3n) is 3.29. The largest absolute Gasteiger partial charge is 0.480 e. The number of likely N-dealkylation sites (tertiary alicyclic amines) is 1. The molecule has 0 bridgehead atoms. The third kappa shape index (κ3) is 2.90. The molecule has 1 saturated heterocycles. The number of aliphatic hydroxyl groups excluding tert-OH is 1. The van der Waals surface area contributed by atoms with Gasteiger partial charge in [0.05, 0.1) is 18.3 Å². The van der Waals surface area contributed by atoms with Gasteiger partial charge in [0.15, 0.2) is 0 Å². The molecule has 0 radical (unpaired) electrons. The van der Waals surface area contributed by atoms with Gasteiger partial charge in [0.2, 0.25) is 5.89 Å². The van der Waals surface area contributed by atoms with E-state index in [0.717, 1.165) is 10.6 Å². The number of aromatic nitrogens is 1. The van der Waals surface area contributed by atoms with Crippen molar-refractivity contribution in [3.63, 3.8) is 0 Å². The van der Waals surface area contributed by atoms with Crippen LogP contribution in [0.4, 0.5) is 4.79 Å². The Morgan fingerprint density at radius 2 is 2.20 bits per heavy atom. The first kappa shape index (κ1) is 14.3. The number of aliphatic hydroxyl groups is 1. The first-order valence-electron chi connectivity index (χ1n) is 6.26. The molecule has 20 heavy (non-hydrogen) atoms. The number of urea groups is 1. The van der Waals surface area contributed by atoms with Crippen LogP contribution in [0.5, 0.6) is 0 Å². The lowest BCUT2D eigenvalue weighted by Gasteiger charge is -2.21. The molecule has 1 aromatic heterocycles. The second-order valence-corrected chi connectivity index (χ2v) is 4.80. The molecule has 2 atom stereocenters. The molecule has 0 saturated carbocycles. The minimum atomic E-state index is -1.13. The second kappa shape index (κ2) is 5.49. The maximum Gasteiger partial charge on any atom is 0.326 e. The maximum atomic E-state index is 11.9. The van der Waals surface area contributed by atoms with Gasteiger partial charge in [-0.25, -0.2) is 14.6 Å². The number of oxazole rings is 1. The Morgan fingerprint density at radius 3 is 2.75 bits per heavy atom. The molecule has 110 valence electrons. The summed E-state index contributed by atoms with van der Waals surface area (Å²) < 4.78 is 5.31. The Morgan fingerprint density at radius 1 is 1.50 bits per heavy atom. The number of aliphatic carboxylic acids is 1. The summed E-state index contributed by atoms with van der Waals surface area (Å²) in [7, 11) is 0. The Labute approximate surface area is 115 Å². The predicted octanol–water partition coefficient (Wildman–Crippen LogP) is 0.0208. The van der Waals surface area contributed by atoms with E-state index in [9.17, 15) is 14.7 Å². The van der Waals surface area contributed by atoms with E-state index >= 15 is 0 Å². The van der Waals surface area contributed by atoms with Crippen LogP contribution < -0.4 is 5.32 Å². The van der Waals surface area contributed by atoms with Gasteiger partial charge in [-0.2, -0.15) is 0 Å². The van der Waals surface area contributed by atoms with Crippen molar-refractivity contribution in [3.05, 3.63) is 17.3 Å². The summed E-state index contributed by atoms with van der Waals surface area (Å²) in [6, 6.07) is -1.56. The van der Waals surface area contributed by atoms with Crippen molar-refractivity contribution < 1.29 is 24.2 Å². The van der Waals surface area contributed by atoms with Crippen LogP contribution in [0.15, 0.2) is 4.42 Å². The molecule has 0 aromatic carbocycles. The molecule has 1 aliphatic rings. The number of nitrogens with zero attached hydrogens (tertiary/aromatic N) is 2. The highest BCUT2D eigenvalue weighted by Crippen LogP contribution is 2.18. The maximum absolute atomic E-state index is 11.9. The fraction of sp³-hybridized carbons (Fsp3) is 0.583. The SMILES string of the molecule is Cc1nc(CNC(=O)N2CC(O)CC2C(=O)O)oc1C. The molecule has 8 heteroatoms. The van der Waals surface area contributed by atoms with Crippen LogP contribution in [0.1, 0.15) is 23.8 Å². The smallest absolute Gasteiger partial charge is 0.326 e. The molecule has 2 amide bonds. The standard InChI is InChI=1S/C12H17N3O5/c1-6-7(2)20-10(14-6)4-13-12(19)15-5-8(16)3-9(15)11(17)18/h8-9,16H,3-5H2,1-2H3,(H,13,19)(H,17,18). The van der Waals surface area contributed by atoms with Gasteiger partial charge < -0.3 is 24.8 Å². The fourth-order valence-electron chi connectivity index (χ4n) is 2.14. The number of carbonyl (C=O) groups is 2. The fourth-order valence-corrected chi connectivity index (χ4v) is 2.14. The molecule has 2 rings (SSSR count). The van der Waals surface area contributed by atoms with Crippen molar-refractivity contribution in [1.82, 2.24) is 15.2 Å². The summed E-state index contributed by atoms with van der Waals surface area (Å²) in [6.45, 7) is 3.64. The van der Waals surface area contributed by atoms with E-state index in [1.54, 1.807) is 13.8 Å². The zero-order valence-electron chi connectivity index (χ0n) is 11.3. The third-order valence-corrected chi connectivity index (χ3v) is 3.29. The van der Waals surface area contributed by atoms with Crippen LogP contribution in [0.3, 0.4) is 0 Å². The lowest BCUT2D eigenvalue weighted by atomic mass is 10.2. The number of aryl methyl sites for hydroxylation is 2. The molecule has 1 aliphatic heterocycles.